The Bertz CT molecular complexity index is 719. The SMILES string of the molecule is [C-]#[N+]/C(C#N)=C1/C=C(CCc2ccc(N(C)C)cc2)CC(C)(C)C1. The molecule has 3 nitrogen and oxygen atoms in total. The summed E-state index contributed by atoms with van der Waals surface area (Å²) < 4.78 is 0. The van der Waals surface area contributed by atoms with E-state index in [9.17, 15) is 0 Å². The van der Waals surface area contributed by atoms with Gasteiger partial charge in [0, 0.05) is 19.8 Å². The molecule has 3 heteroatoms. The molecular weight excluding hydrogens is 294 g/mol. The second kappa shape index (κ2) is 7.37. The molecule has 124 valence electrons. The van der Waals surface area contributed by atoms with Crippen LogP contribution in [0.4, 0.5) is 5.69 Å². The summed E-state index contributed by atoms with van der Waals surface area (Å²) in [6, 6.07) is 10.7. The van der Waals surface area contributed by atoms with E-state index >= 15 is 0 Å². The van der Waals surface area contributed by atoms with Crippen molar-refractivity contribution in [1.82, 2.24) is 0 Å². The molecule has 0 saturated carbocycles. The minimum absolute atomic E-state index is 0.112. The predicted octanol–water partition coefficient (Wildman–Crippen LogP) is 5.13. The van der Waals surface area contributed by atoms with Gasteiger partial charge in [0.25, 0.3) is 5.70 Å². The molecule has 0 amide bonds. The van der Waals surface area contributed by atoms with Crippen molar-refractivity contribution in [2.75, 3.05) is 19.0 Å². The van der Waals surface area contributed by atoms with Crippen LogP contribution in [0.2, 0.25) is 0 Å². The molecule has 1 aliphatic rings. The highest BCUT2D eigenvalue weighted by Gasteiger charge is 2.26. The van der Waals surface area contributed by atoms with Crippen LogP contribution in [0.15, 0.2) is 47.2 Å². The largest absolute Gasteiger partial charge is 0.378 e. The predicted molar refractivity (Wildman–Crippen MR) is 99.4 cm³/mol. The molecule has 2 rings (SSSR count). The molecule has 0 aliphatic heterocycles. The number of nitrogens with zero attached hydrogens (tertiary/aromatic N) is 3. The molecule has 0 N–H and O–H groups in total. The van der Waals surface area contributed by atoms with Crippen molar-refractivity contribution in [3.05, 3.63) is 64.2 Å². The molecule has 0 fully saturated rings. The van der Waals surface area contributed by atoms with E-state index in [2.05, 4.69) is 53.9 Å². The molecule has 0 radical (unpaired) electrons. The smallest absolute Gasteiger partial charge is 0.265 e. The third kappa shape index (κ3) is 4.49. The van der Waals surface area contributed by atoms with Gasteiger partial charge in [0.15, 0.2) is 0 Å². The number of hydrogen-bond acceptors (Lipinski definition) is 2. The van der Waals surface area contributed by atoms with Crippen LogP contribution in [0, 0.1) is 23.3 Å². The number of benzene rings is 1. The molecule has 0 spiro atoms. The van der Waals surface area contributed by atoms with E-state index in [0.717, 1.165) is 31.3 Å². The average Bonchev–Trinajstić information content (AvgIpc) is 2.53. The van der Waals surface area contributed by atoms with E-state index < -0.39 is 0 Å². The van der Waals surface area contributed by atoms with Gasteiger partial charge in [-0.2, -0.15) is 0 Å². The summed E-state index contributed by atoms with van der Waals surface area (Å²) in [6.45, 7) is 11.6. The molecule has 1 aromatic rings. The van der Waals surface area contributed by atoms with Gasteiger partial charge in [0.1, 0.15) is 0 Å². The summed E-state index contributed by atoms with van der Waals surface area (Å²) in [6.07, 6.45) is 5.89. The number of anilines is 1. The lowest BCUT2D eigenvalue weighted by Gasteiger charge is -2.31. The van der Waals surface area contributed by atoms with Crippen molar-refractivity contribution in [2.45, 2.75) is 39.5 Å². The first-order chi connectivity index (χ1) is 11.3. The Kier molecular flexibility index (Phi) is 5.47. The van der Waals surface area contributed by atoms with Crippen molar-refractivity contribution in [2.24, 2.45) is 5.41 Å². The Labute approximate surface area is 145 Å². The number of rotatable bonds is 4. The van der Waals surface area contributed by atoms with Crippen LogP contribution in [0.5, 0.6) is 0 Å². The fourth-order valence-corrected chi connectivity index (χ4v) is 3.29. The highest BCUT2D eigenvalue weighted by atomic mass is 15.1. The van der Waals surface area contributed by atoms with Gasteiger partial charge in [-0.3, -0.25) is 0 Å². The van der Waals surface area contributed by atoms with Gasteiger partial charge in [0.2, 0.25) is 0 Å². The topological polar surface area (TPSA) is 31.4 Å². The Hall–Kier alpha value is -2.52. The van der Waals surface area contributed by atoms with Crippen molar-refractivity contribution in [1.29, 1.82) is 5.26 Å². The summed E-state index contributed by atoms with van der Waals surface area (Å²) in [4.78, 5) is 5.49. The number of hydrogen-bond donors (Lipinski definition) is 0. The number of allylic oxidation sites excluding steroid dienone is 4. The summed E-state index contributed by atoms with van der Waals surface area (Å²) in [7, 11) is 4.09. The van der Waals surface area contributed by atoms with Crippen molar-refractivity contribution in [3.63, 3.8) is 0 Å². The zero-order valence-electron chi connectivity index (χ0n) is 15.1. The Morgan fingerprint density at radius 1 is 1.21 bits per heavy atom. The quantitative estimate of drug-likeness (QED) is 0.569. The normalized spacial score (nSPS) is 18.2. The van der Waals surface area contributed by atoms with Crippen LogP contribution in [-0.2, 0) is 6.42 Å². The number of aryl methyl sites for hydroxylation is 1. The monoisotopic (exact) mass is 319 g/mol. The first-order valence-corrected chi connectivity index (χ1v) is 8.31. The van der Waals surface area contributed by atoms with Crippen LogP contribution < -0.4 is 4.90 Å². The highest BCUT2D eigenvalue weighted by Crippen LogP contribution is 2.40. The second-order valence-corrected chi connectivity index (χ2v) is 7.48. The van der Waals surface area contributed by atoms with Crippen molar-refractivity contribution < 1.29 is 0 Å². The lowest BCUT2D eigenvalue weighted by atomic mass is 9.74. The van der Waals surface area contributed by atoms with Gasteiger partial charge in [-0.05, 0) is 54.4 Å². The molecule has 0 atom stereocenters. The second-order valence-electron chi connectivity index (χ2n) is 7.48. The van der Waals surface area contributed by atoms with Gasteiger partial charge < -0.3 is 4.90 Å². The Morgan fingerprint density at radius 2 is 1.88 bits per heavy atom. The van der Waals surface area contributed by atoms with Crippen molar-refractivity contribution >= 4 is 5.69 Å². The standard InChI is InChI=1S/C21H25N3/c1-21(2)13-17(12-18(14-21)20(15-22)23-3)7-6-16-8-10-19(11-9-16)24(4)5/h8-12H,6-7,13-14H2,1-2,4-5H3/b20-18-. The van der Waals surface area contributed by atoms with Gasteiger partial charge in [0.05, 0.1) is 12.6 Å². The van der Waals surface area contributed by atoms with E-state index in [0.29, 0.717) is 0 Å². The maximum absolute atomic E-state index is 9.16. The van der Waals surface area contributed by atoms with Crippen LogP contribution in [-0.4, -0.2) is 14.1 Å². The molecule has 1 aliphatic carbocycles. The molecule has 1 aromatic carbocycles. The third-order valence-corrected chi connectivity index (χ3v) is 4.46. The van der Waals surface area contributed by atoms with Crippen LogP contribution >= 0.6 is 0 Å². The summed E-state index contributed by atoms with van der Waals surface area (Å²) >= 11 is 0. The Balaban J connectivity index is 2.15. The number of nitriles is 1. The van der Waals surface area contributed by atoms with Gasteiger partial charge in [-0.1, -0.05) is 37.6 Å². The minimum atomic E-state index is 0.112. The van der Waals surface area contributed by atoms with Crippen molar-refractivity contribution in [3.8, 4) is 6.07 Å². The van der Waals surface area contributed by atoms with Gasteiger partial charge in [-0.25, -0.2) is 10.1 Å². The molecule has 0 unspecified atom stereocenters. The van der Waals surface area contributed by atoms with Crippen LogP contribution in [0.1, 0.15) is 38.7 Å². The Morgan fingerprint density at radius 3 is 2.42 bits per heavy atom. The fourth-order valence-electron chi connectivity index (χ4n) is 3.29. The minimum Gasteiger partial charge on any atom is -0.378 e. The van der Waals surface area contributed by atoms with E-state index in [4.69, 9.17) is 11.8 Å². The molecular formula is C21H25N3. The van der Waals surface area contributed by atoms with Crippen LogP contribution in [0.25, 0.3) is 4.85 Å². The van der Waals surface area contributed by atoms with E-state index in [1.54, 1.807) is 0 Å². The first kappa shape index (κ1) is 17.8. The zero-order chi connectivity index (χ0) is 17.7. The molecule has 0 aromatic heterocycles. The lowest BCUT2D eigenvalue weighted by molar-refractivity contribution is 0.346. The lowest BCUT2D eigenvalue weighted by Crippen LogP contribution is -2.18. The van der Waals surface area contributed by atoms with E-state index in [1.807, 2.05) is 20.2 Å². The average molecular weight is 319 g/mol. The van der Waals surface area contributed by atoms with E-state index in [-0.39, 0.29) is 11.1 Å². The maximum atomic E-state index is 9.16. The fraction of sp³-hybridized carbons (Fsp3) is 0.429. The third-order valence-electron chi connectivity index (χ3n) is 4.46. The zero-order valence-corrected chi connectivity index (χ0v) is 15.1. The highest BCUT2D eigenvalue weighted by molar-refractivity contribution is 5.46. The molecule has 0 heterocycles. The molecule has 0 bridgehead atoms. The summed E-state index contributed by atoms with van der Waals surface area (Å²) in [5, 5.41) is 9.16. The summed E-state index contributed by atoms with van der Waals surface area (Å²) in [5.41, 5.74) is 5.13. The van der Waals surface area contributed by atoms with Crippen LogP contribution in [0.3, 0.4) is 0 Å². The molecule has 24 heavy (non-hydrogen) atoms. The van der Waals surface area contributed by atoms with E-state index in [1.165, 1.54) is 16.8 Å². The first-order valence-electron chi connectivity index (χ1n) is 8.31. The summed E-state index contributed by atoms with van der Waals surface area (Å²) in [5.74, 6) is 0. The molecule has 0 saturated heterocycles. The van der Waals surface area contributed by atoms with Gasteiger partial charge >= 0.3 is 0 Å². The maximum Gasteiger partial charge on any atom is 0.265 e. The van der Waals surface area contributed by atoms with Gasteiger partial charge in [-0.15, -0.1) is 0 Å².